The molecule has 19 heavy (non-hydrogen) atoms. The lowest BCUT2D eigenvalue weighted by atomic mass is 9.88. The summed E-state index contributed by atoms with van der Waals surface area (Å²) in [6.07, 6.45) is 10.4. The van der Waals surface area contributed by atoms with Gasteiger partial charge in [-0.2, -0.15) is 0 Å². The first-order chi connectivity index (χ1) is 9.34. The second-order valence-corrected chi connectivity index (χ2v) is 6.87. The van der Waals surface area contributed by atoms with Gasteiger partial charge >= 0.3 is 0 Å². The summed E-state index contributed by atoms with van der Waals surface area (Å²) in [6.45, 7) is 0. The minimum absolute atomic E-state index is 0.194. The quantitative estimate of drug-likeness (QED) is 0.847. The molecule has 0 bridgehead atoms. The first-order valence-corrected chi connectivity index (χ1v) is 8.14. The molecule has 3 aliphatic rings. The molecule has 0 spiro atoms. The number of aliphatic hydroxyl groups excluding tert-OH is 1. The first-order valence-electron chi connectivity index (χ1n) is 8.14. The van der Waals surface area contributed by atoms with E-state index in [1.807, 2.05) is 0 Å². The summed E-state index contributed by atoms with van der Waals surface area (Å²) in [6, 6.07) is 6.78. The summed E-state index contributed by atoms with van der Waals surface area (Å²) in [7, 11) is 0. The Labute approximate surface area is 116 Å². The maximum absolute atomic E-state index is 10.7. The highest BCUT2D eigenvalue weighted by Gasteiger charge is 2.54. The zero-order chi connectivity index (χ0) is 12.8. The molecule has 0 heterocycles. The average Bonchev–Trinajstić information content (AvgIpc) is 3.20. The molecule has 1 aromatic carbocycles. The maximum Gasteiger partial charge on any atom is 0.0823 e. The molecule has 0 aromatic heterocycles. The van der Waals surface area contributed by atoms with Gasteiger partial charge in [-0.25, -0.2) is 0 Å². The Bertz CT molecular complexity index is 467. The Morgan fingerprint density at radius 3 is 2.32 bits per heavy atom. The third-order valence-corrected chi connectivity index (χ3v) is 5.80. The molecule has 1 N–H and O–H groups in total. The zero-order valence-corrected chi connectivity index (χ0v) is 11.6. The average molecular weight is 256 g/mol. The number of benzene rings is 1. The molecule has 0 amide bonds. The van der Waals surface area contributed by atoms with Crippen molar-refractivity contribution < 1.29 is 5.11 Å². The van der Waals surface area contributed by atoms with Crippen LogP contribution >= 0.6 is 0 Å². The van der Waals surface area contributed by atoms with Gasteiger partial charge in [-0.05, 0) is 73.0 Å². The predicted octanol–water partition coefficient (Wildman–Crippen LogP) is 4.04. The highest BCUT2D eigenvalue weighted by molar-refractivity contribution is 5.35. The topological polar surface area (TPSA) is 20.2 Å². The number of hydrogen-bond donors (Lipinski definition) is 1. The van der Waals surface area contributed by atoms with Gasteiger partial charge in [0.05, 0.1) is 6.10 Å². The van der Waals surface area contributed by atoms with Gasteiger partial charge in [0.15, 0.2) is 0 Å². The molecule has 3 atom stereocenters. The smallest absolute Gasteiger partial charge is 0.0823 e. The molecule has 3 unspecified atom stereocenters. The van der Waals surface area contributed by atoms with Crippen molar-refractivity contribution in [1.29, 1.82) is 0 Å². The molecular weight excluding hydrogens is 232 g/mol. The number of aliphatic hydroxyl groups is 1. The molecule has 0 aliphatic heterocycles. The number of rotatable bonds is 2. The van der Waals surface area contributed by atoms with E-state index in [0.717, 1.165) is 11.8 Å². The van der Waals surface area contributed by atoms with Crippen molar-refractivity contribution in [2.24, 2.45) is 17.8 Å². The van der Waals surface area contributed by atoms with Crippen LogP contribution in [-0.4, -0.2) is 5.11 Å². The van der Waals surface area contributed by atoms with Crippen LogP contribution in [0.5, 0.6) is 0 Å². The third kappa shape index (κ3) is 2.03. The lowest BCUT2D eigenvalue weighted by Gasteiger charge is -2.19. The van der Waals surface area contributed by atoms with Gasteiger partial charge in [0.25, 0.3) is 0 Å². The van der Waals surface area contributed by atoms with Gasteiger partial charge in [-0.15, -0.1) is 0 Å². The molecule has 1 nitrogen and oxygen atoms in total. The highest BCUT2D eigenvalue weighted by Crippen LogP contribution is 2.60. The van der Waals surface area contributed by atoms with Crippen LogP contribution in [0.15, 0.2) is 18.2 Å². The lowest BCUT2D eigenvalue weighted by molar-refractivity contribution is 0.142. The Kier molecular flexibility index (Phi) is 2.91. The van der Waals surface area contributed by atoms with Crippen molar-refractivity contribution in [3.05, 3.63) is 34.9 Å². The highest BCUT2D eigenvalue weighted by atomic mass is 16.3. The Hall–Kier alpha value is -0.820. The van der Waals surface area contributed by atoms with E-state index in [1.54, 1.807) is 0 Å². The summed E-state index contributed by atoms with van der Waals surface area (Å²) >= 11 is 0. The zero-order valence-electron chi connectivity index (χ0n) is 11.6. The second-order valence-electron chi connectivity index (χ2n) is 6.87. The molecule has 2 saturated carbocycles. The normalized spacial score (nSPS) is 34.3. The summed E-state index contributed by atoms with van der Waals surface area (Å²) in [4.78, 5) is 0. The van der Waals surface area contributed by atoms with E-state index >= 15 is 0 Å². The molecule has 4 rings (SSSR count). The Morgan fingerprint density at radius 1 is 0.895 bits per heavy atom. The van der Waals surface area contributed by atoms with Gasteiger partial charge in [-0.3, -0.25) is 0 Å². The van der Waals surface area contributed by atoms with Crippen LogP contribution in [0.4, 0.5) is 0 Å². The van der Waals surface area contributed by atoms with Crippen molar-refractivity contribution in [3.8, 4) is 0 Å². The van der Waals surface area contributed by atoms with Gasteiger partial charge in [0, 0.05) is 0 Å². The number of fused-ring (bicyclic) bond motifs is 2. The minimum atomic E-state index is -0.194. The maximum atomic E-state index is 10.7. The van der Waals surface area contributed by atoms with E-state index in [9.17, 15) is 5.11 Å². The van der Waals surface area contributed by atoms with Crippen LogP contribution in [0.2, 0.25) is 0 Å². The van der Waals surface area contributed by atoms with E-state index in [1.165, 1.54) is 68.1 Å². The molecule has 1 aromatic rings. The van der Waals surface area contributed by atoms with E-state index < -0.39 is 0 Å². The van der Waals surface area contributed by atoms with Crippen LogP contribution in [0.25, 0.3) is 0 Å². The lowest BCUT2D eigenvalue weighted by Crippen LogP contribution is -2.07. The molecular formula is C18H24O. The van der Waals surface area contributed by atoms with Crippen molar-refractivity contribution in [3.63, 3.8) is 0 Å². The fraction of sp³-hybridized carbons (Fsp3) is 0.667. The Morgan fingerprint density at radius 2 is 1.58 bits per heavy atom. The van der Waals surface area contributed by atoms with Gasteiger partial charge in [-0.1, -0.05) is 31.0 Å². The molecule has 0 radical (unpaired) electrons. The minimum Gasteiger partial charge on any atom is -0.388 e. The van der Waals surface area contributed by atoms with E-state index in [2.05, 4.69) is 18.2 Å². The SMILES string of the molecule is OC(c1ccc2c(c1)CCCC2)C1C2CCCCC21. The van der Waals surface area contributed by atoms with Crippen LogP contribution in [0.3, 0.4) is 0 Å². The van der Waals surface area contributed by atoms with Crippen LogP contribution in [-0.2, 0) is 12.8 Å². The Balaban J connectivity index is 1.55. The van der Waals surface area contributed by atoms with Gasteiger partial charge in [0.2, 0.25) is 0 Å². The van der Waals surface area contributed by atoms with E-state index in [0.29, 0.717) is 5.92 Å². The standard InChI is InChI=1S/C18H24O/c19-18(17-15-7-3-4-8-16(15)17)14-10-9-12-5-1-2-6-13(12)11-14/h9-11,15-19H,1-8H2. The summed E-state index contributed by atoms with van der Waals surface area (Å²) in [5, 5.41) is 10.7. The van der Waals surface area contributed by atoms with Crippen LogP contribution in [0.1, 0.15) is 61.3 Å². The van der Waals surface area contributed by atoms with E-state index in [4.69, 9.17) is 0 Å². The molecule has 102 valence electrons. The molecule has 0 saturated heterocycles. The monoisotopic (exact) mass is 256 g/mol. The number of aryl methyl sites for hydroxylation is 2. The van der Waals surface area contributed by atoms with Gasteiger partial charge < -0.3 is 5.11 Å². The van der Waals surface area contributed by atoms with Crippen molar-refractivity contribution in [2.45, 2.75) is 57.5 Å². The van der Waals surface area contributed by atoms with E-state index in [-0.39, 0.29) is 6.10 Å². The van der Waals surface area contributed by atoms with Crippen LogP contribution in [0, 0.1) is 17.8 Å². The predicted molar refractivity (Wildman–Crippen MR) is 77.0 cm³/mol. The van der Waals surface area contributed by atoms with Crippen LogP contribution < -0.4 is 0 Å². The fourth-order valence-corrected chi connectivity index (χ4v) is 4.68. The van der Waals surface area contributed by atoms with Gasteiger partial charge in [0.1, 0.15) is 0 Å². The summed E-state index contributed by atoms with van der Waals surface area (Å²) < 4.78 is 0. The number of hydrogen-bond acceptors (Lipinski definition) is 1. The summed E-state index contributed by atoms with van der Waals surface area (Å²) in [5.74, 6) is 2.24. The largest absolute Gasteiger partial charge is 0.388 e. The fourth-order valence-electron chi connectivity index (χ4n) is 4.68. The summed E-state index contributed by atoms with van der Waals surface area (Å²) in [5.41, 5.74) is 4.22. The molecule has 1 heteroatoms. The van der Waals surface area contributed by atoms with Crippen molar-refractivity contribution >= 4 is 0 Å². The third-order valence-electron chi connectivity index (χ3n) is 5.80. The molecule has 3 aliphatic carbocycles. The first kappa shape index (κ1) is 12.0. The molecule has 2 fully saturated rings. The second kappa shape index (κ2) is 4.63. The van der Waals surface area contributed by atoms with Crippen molar-refractivity contribution in [2.75, 3.05) is 0 Å². The van der Waals surface area contributed by atoms with Crippen molar-refractivity contribution in [1.82, 2.24) is 0 Å².